The predicted molar refractivity (Wildman–Crippen MR) is 79.5 cm³/mol. The SMILES string of the molecule is CCCc1nc2ccccc2n1CC(=O)N1CCCC1. The molecular formula is C16H21N3O. The maximum atomic E-state index is 12.4. The molecule has 1 aromatic carbocycles. The molecule has 1 fully saturated rings. The monoisotopic (exact) mass is 271 g/mol. The molecule has 0 bridgehead atoms. The molecule has 2 aromatic rings. The zero-order valence-electron chi connectivity index (χ0n) is 12.0. The molecule has 4 nitrogen and oxygen atoms in total. The average molecular weight is 271 g/mol. The van der Waals surface area contributed by atoms with Crippen LogP contribution in [0.3, 0.4) is 0 Å². The van der Waals surface area contributed by atoms with E-state index in [1.54, 1.807) is 0 Å². The van der Waals surface area contributed by atoms with E-state index in [4.69, 9.17) is 0 Å². The fourth-order valence-electron chi connectivity index (χ4n) is 2.92. The first-order valence-corrected chi connectivity index (χ1v) is 7.51. The molecule has 1 aromatic heterocycles. The van der Waals surface area contributed by atoms with Gasteiger partial charge in [0.2, 0.25) is 5.91 Å². The lowest BCUT2D eigenvalue weighted by Gasteiger charge is -2.17. The Bertz CT molecular complexity index is 611. The third-order valence-corrected chi connectivity index (χ3v) is 3.96. The van der Waals surface area contributed by atoms with Crippen LogP contribution in [0, 0.1) is 0 Å². The molecule has 0 unspecified atom stereocenters. The molecule has 0 spiro atoms. The number of amides is 1. The van der Waals surface area contributed by atoms with Crippen LogP contribution >= 0.6 is 0 Å². The number of hydrogen-bond acceptors (Lipinski definition) is 2. The number of hydrogen-bond donors (Lipinski definition) is 0. The van der Waals surface area contributed by atoms with Gasteiger partial charge in [-0.25, -0.2) is 4.98 Å². The van der Waals surface area contributed by atoms with Crippen molar-refractivity contribution in [1.82, 2.24) is 14.5 Å². The number of likely N-dealkylation sites (tertiary alicyclic amines) is 1. The first-order chi connectivity index (χ1) is 9.79. The molecule has 0 atom stereocenters. The van der Waals surface area contributed by atoms with Gasteiger partial charge >= 0.3 is 0 Å². The van der Waals surface area contributed by atoms with Gasteiger partial charge in [0.1, 0.15) is 12.4 Å². The number of para-hydroxylation sites is 2. The van der Waals surface area contributed by atoms with Crippen LogP contribution < -0.4 is 0 Å². The second-order valence-corrected chi connectivity index (χ2v) is 5.44. The Hall–Kier alpha value is -1.84. The van der Waals surface area contributed by atoms with Gasteiger partial charge in [-0.15, -0.1) is 0 Å². The van der Waals surface area contributed by atoms with Crippen molar-refractivity contribution in [2.45, 2.75) is 39.2 Å². The van der Waals surface area contributed by atoms with Gasteiger partial charge in [-0.3, -0.25) is 4.79 Å². The quantitative estimate of drug-likeness (QED) is 0.857. The summed E-state index contributed by atoms with van der Waals surface area (Å²) in [4.78, 5) is 19.0. The van der Waals surface area contributed by atoms with Crippen LogP contribution in [0.1, 0.15) is 32.0 Å². The second kappa shape index (κ2) is 5.65. The van der Waals surface area contributed by atoms with E-state index >= 15 is 0 Å². The van der Waals surface area contributed by atoms with Gasteiger partial charge in [0.15, 0.2) is 0 Å². The first-order valence-electron chi connectivity index (χ1n) is 7.51. The molecule has 0 saturated carbocycles. The molecule has 1 saturated heterocycles. The van der Waals surface area contributed by atoms with Crippen molar-refractivity contribution >= 4 is 16.9 Å². The molecule has 0 aliphatic carbocycles. The van der Waals surface area contributed by atoms with Crippen molar-refractivity contribution in [3.63, 3.8) is 0 Å². The molecule has 3 rings (SSSR count). The van der Waals surface area contributed by atoms with Crippen LogP contribution in [0.4, 0.5) is 0 Å². The van der Waals surface area contributed by atoms with Crippen LogP contribution in [0.15, 0.2) is 24.3 Å². The molecule has 1 aliphatic rings. The number of imidazole rings is 1. The van der Waals surface area contributed by atoms with Gasteiger partial charge in [-0.2, -0.15) is 0 Å². The minimum absolute atomic E-state index is 0.225. The highest BCUT2D eigenvalue weighted by molar-refractivity contribution is 5.81. The molecule has 1 aliphatic heterocycles. The summed E-state index contributed by atoms with van der Waals surface area (Å²) in [6.45, 7) is 4.39. The van der Waals surface area contributed by atoms with Gasteiger partial charge in [0, 0.05) is 19.5 Å². The molecular weight excluding hydrogens is 250 g/mol. The van der Waals surface area contributed by atoms with Crippen LogP contribution in [0.2, 0.25) is 0 Å². The number of aryl methyl sites for hydroxylation is 1. The lowest BCUT2D eigenvalue weighted by Crippen LogP contribution is -2.31. The van der Waals surface area contributed by atoms with Crippen molar-refractivity contribution in [3.8, 4) is 0 Å². The third-order valence-electron chi connectivity index (χ3n) is 3.96. The average Bonchev–Trinajstić information content (AvgIpc) is 3.08. The zero-order valence-corrected chi connectivity index (χ0v) is 12.0. The minimum atomic E-state index is 0.225. The van der Waals surface area contributed by atoms with Gasteiger partial charge in [0.25, 0.3) is 0 Å². The Morgan fingerprint density at radius 2 is 2.00 bits per heavy atom. The number of fused-ring (bicyclic) bond motifs is 1. The highest BCUT2D eigenvalue weighted by atomic mass is 16.2. The first kappa shape index (κ1) is 13.2. The summed E-state index contributed by atoms with van der Waals surface area (Å²) in [7, 11) is 0. The molecule has 4 heteroatoms. The summed E-state index contributed by atoms with van der Waals surface area (Å²) in [6.07, 6.45) is 4.24. The Labute approximate surface area is 119 Å². The summed E-state index contributed by atoms with van der Waals surface area (Å²) in [5.74, 6) is 1.25. The normalized spacial score (nSPS) is 15.2. The summed E-state index contributed by atoms with van der Waals surface area (Å²) in [5, 5.41) is 0. The van der Waals surface area contributed by atoms with Gasteiger partial charge in [-0.05, 0) is 31.4 Å². The van der Waals surface area contributed by atoms with Crippen molar-refractivity contribution in [3.05, 3.63) is 30.1 Å². The van der Waals surface area contributed by atoms with E-state index < -0.39 is 0 Å². The topological polar surface area (TPSA) is 38.1 Å². The largest absolute Gasteiger partial charge is 0.341 e. The number of nitrogens with zero attached hydrogens (tertiary/aromatic N) is 3. The summed E-state index contributed by atoms with van der Waals surface area (Å²) in [5.41, 5.74) is 2.06. The Morgan fingerprint density at radius 3 is 2.75 bits per heavy atom. The van der Waals surface area contributed by atoms with Gasteiger partial charge < -0.3 is 9.47 Å². The molecule has 0 radical (unpaired) electrons. The molecule has 1 amide bonds. The van der Waals surface area contributed by atoms with E-state index in [1.165, 1.54) is 0 Å². The standard InChI is InChI=1S/C16H21N3O/c1-2-7-15-17-13-8-3-4-9-14(13)19(15)12-16(20)18-10-5-6-11-18/h3-4,8-9H,2,5-7,10-12H2,1H3. The Morgan fingerprint density at radius 1 is 1.25 bits per heavy atom. The van der Waals surface area contributed by atoms with Gasteiger partial charge in [-0.1, -0.05) is 19.1 Å². The van der Waals surface area contributed by atoms with E-state index in [9.17, 15) is 4.79 Å². The molecule has 0 N–H and O–H groups in total. The van der Waals surface area contributed by atoms with E-state index in [-0.39, 0.29) is 5.91 Å². The maximum Gasteiger partial charge on any atom is 0.242 e. The van der Waals surface area contributed by atoms with Crippen LogP contribution in [-0.2, 0) is 17.8 Å². The van der Waals surface area contributed by atoms with Gasteiger partial charge in [0.05, 0.1) is 11.0 Å². The second-order valence-electron chi connectivity index (χ2n) is 5.44. The van der Waals surface area contributed by atoms with E-state index in [2.05, 4.69) is 22.5 Å². The summed E-state index contributed by atoms with van der Waals surface area (Å²) >= 11 is 0. The van der Waals surface area contributed by atoms with Crippen molar-refractivity contribution in [1.29, 1.82) is 0 Å². The maximum absolute atomic E-state index is 12.4. The van der Waals surface area contributed by atoms with Crippen LogP contribution in [0.5, 0.6) is 0 Å². The predicted octanol–water partition coefficient (Wildman–Crippen LogP) is 2.61. The van der Waals surface area contributed by atoms with Crippen molar-refractivity contribution in [2.75, 3.05) is 13.1 Å². The Kier molecular flexibility index (Phi) is 3.72. The van der Waals surface area contributed by atoms with E-state index in [0.29, 0.717) is 6.54 Å². The van der Waals surface area contributed by atoms with Crippen molar-refractivity contribution in [2.24, 2.45) is 0 Å². The van der Waals surface area contributed by atoms with E-state index in [1.807, 2.05) is 23.1 Å². The number of carbonyl (C=O) groups excluding carboxylic acids is 1. The number of benzene rings is 1. The zero-order chi connectivity index (χ0) is 13.9. The third kappa shape index (κ3) is 2.42. The van der Waals surface area contributed by atoms with E-state index in [0.717, 1.165) is 55.6 Å². The number of rotatable bonds is 4. The van der Waals surface area contributed by atoms with Crippen molar-refractivity contribution < 1.29 is 4.79 Å². The highest BCUT2D eigenvalue weighted by Crippen LogP contribution is 2.18. The fourth-order valence-corrected chi connectivity index (χ4v) is 2.92. The molecule has 20 heavy (non-hydrogen) atoms. The lowest BCUT2D eigenvalue weighted by molar-refractivity contribution is -0.130. The minimum Gasteiger partial charge on any atom is -0.341 e. The smallest absolute Gasteiger partial charge is 0.242 e. The molecule has 2 heterocycles. The highest BCUT2D eigenvalue weighted by Gasteiger charge is 2.20. The summed E-state index contributed by atoms with van der Waals surface area (Å²) < 4.78 is 2.10. The fraction of sp³-hybridized carbons (Fsp3) is 0.500. The molecule has 106 valence electrons. The lowest BCUT2D eigenvalue weighted by atomic mass is 10.3. The Balaban J connectivity index is 1.91. The van der Waals surface area contributed by atoms with Crippen LogP contribution in [0.25, 0.3) is 11.0 Å². The summed E-state index contributed by atoms with van der Waals surface area (Å²) in [6, 6.07) is 8.08. The number of aromatic nitrogens is 2. The number of carbonyl (C=O) groups is 1. The van der Waals surface area contributed by atoms with Crippen LogP contribution in [-0.4, -0.2) is 33.4 Å².